The van der Waals surface area contributed by atoms with Crippen LogP contribution >= 0.6 is 20.7 Å². The van der Waals surface area contributed by atoms with E-state index in [2.05, 4.69) is 41.5 Å². The van der Waals surface area contributed by atoms with Gasteiger partial charge in [0.05, 0.1) is 0 Å². The molecule has 0 aliphatic rings. The number of aryl methyl sites for hydroxylation is 2. The van der Waals surface area contributed by atoms with Crippen molar-refractivity contribution in [1.82, 2.24) is 0 Å². The highest BCUT2D eigenvalue weighted by molar-refractivity contribution is 7.80. The van der Waals surface area contributed by atoms with Crippen molar-refractivity contribution in [1.29, 1.82) is 0 Å². The van der Waals surface area contributed by atoms with Gasteiger partial charge in [-0.1, -0.05) is 76.9 Å². The molecule has 0 bridgehead atoms. The van der Waals surface area contributed by atoms with Gasteiger partial charge >= 0.3 is 7.82 Å². The van der Waals surface area contributed by atoms with Crippen LogP contribution in [0.5, 0.6) is 11.5 Å². The second kappa shape index (κ2) is 8.14. The number of phosphoric ester groups is 1. The lowest BCUT2D eigenvalue weighted by Crippen LogP contribution is -2.16. The quantitative estimate of drug-likeness (QED) is 0.466. The number of benzene rings is 2. The zero-order chi connectivity index (χ0) is 21.3. The van der Waals surface area contributed by atoms with Gasteiger partial charge in [0.2, 0.25) is 0 Å². The summed E-state index contributed by atoms with van der Waals surface area (Å²) in [4.78, 5) is 0. The van der Waals surface area contributed by atoms with Crippen LogP contribution in [0.15, 0.2) is 36.4 Å². The van der Waals surface area contributed by atoms with E-state index in [9.17, 15) is 4.57 Å². The molecule has 1 radical (unpaired) electrons. The highest BCUT2D eigenvalue weighted by Gasteiger charge is 2.35. The summed E-state index contributed by atoms with van der Waals surface area (Å²) in [6.45, 7) is 16.4. The number of hydrogen-bond acceptors (Lipinski definition) is 4. The fourth-order valence-corrected chi connectivity index (χ4v) is 3.99. The van der Waals surface area contributed by atoms with Crippen molar-refractivity contribution in [3.63, 3.8) is 0 Å². The SMILES string of the molecule is Cc1ccc(OP(=O)(O[S])Oc2ccc(C)cc2C(C)(C)C)c(C(C)(C)C)c1. The van der Waals surface area contributed by atoms with E-state index in [4.69, 9.17) is 25.9 Å². The smallest absolute Gasteiger partial charge is 0.394 e. The molecule has 2 rings (SSSR count). The summed E-state index contributed by atoms with van der Waals surface area (Å²) in [7, 11) is -4.05. The van der Waals surface area contributed by atoms with Crippen LogP contribution in [0.3, 0.4) is 0 Å². The number of hydrogen-bond donors (Lipinski definition) is 0. The van der Waals surface area contributed by atoms with Gasteiger partial charge in [-0.05, 0) is 36.8 Å². The first-order chi connectivity index (χ1) is 12.7. The van der Waals surface area contributed by atoms with Crippen molar-refractivity contribution in [2.24, 2.45) is 0 Å². The van der Waals surface area contributed by atoms with Crippen molar-refractivity contribution in [2.45, 2.75) is 66.2 Å². The van der Waals surface area contributed by atoms with E-state index >= 15 is 0 Å². The minimum Gasteiger partial charge on any atom is -0.394 e. The van der Waals surface area contributed by atoms with Crippen LogP contribution in [0.25, 0.3) is 0 Å². The average Bonchev–Trinajstić information content (AvgIpc) is 2.56. The maximum Gasteiger partial charge on any atom is 0.600 e. The van der Waals surface area contributed by atoms with Crippen LogP contribution < -0.4 is 9.05 Å². The zero-order valence-corrected chi connectivity index (χ0v) is 19.7. The van der Waals surface area contributed by atoms with Gasteiger partial charge < -0.3 is 9.05 Å². The largest absolute Gasteiger partial charge is 0.600 e. The summed E-state index contributed by atoms with van der Waals surface area (Å²) in [6.07, 6.45) is 0. The zero-order valence-electron chi connectivity index (χ0n) is 18.0. The predicted molar refractivity (Wildman–Crippen MR) is 117 cm³/mol. The van der Waals surface area contributed by atoms with Gasteiger partial charge in [0, 0.05) is 11.1 Å². The summed E-state index contributed by atoms with van der Waals surface area (Å²) in [6, 6.07) is 11.4. The second-order valence-electron chi connectivity index (χ2n) is 9.20. The monoisotopic (exact) mass is 421 g/mol. The third kappa shape index (κ3) is 5.56. The summed E-state index contributed by atoms with van der Waals surface area (Å²) in [5.41, 5.74) is 3.55. The van der Waals surface area contributed by atoms with Crippen LogP contribution in [0.2, 0.25) is 0 Å². The molecular formula is C22H30O4PS. The minimum atomic E-state index is -4.05. The Bertz CT molecular complexity index is 825. The molecule has 0 atom stereocenters. The Kier molecular flexibility index (Phi) is 6.65. The Hall–Kier alpha value is -1.42. The van der Waals surface area contributed by atoms with Gasteiger partial charge in [-0.2, -0.15) is 3.97 Å². The van der Waals surface area contributed by atoms with Gasteiger partial charge in [0.1, 0.15) is 24.4 Å². The van der Waals surface area contributed by atoms with Crippen LogP contribution in [-0.4, -0.2) is 0 Å². The van der Waals surface area contributed by atoms with E-state index in [1.165, 1.54) is 0 Å². The summed E-state index contributed by atoms with van der Waals surface area (Å²) >= 11 is 4.70. The van der Waals surface area contributed by atoms with E-state index in [1.54, 1.807) is 12.1 Å². The van der Waals surface area contributed by atoms with Crippen LogP contribution in [0, 0.1) is 13.8 Å². The second-order valence-corrected chi connectivity index (χ2v) is 11.1. The standard InChI is InChI=1S/C22H30O4PS/c1-15-9-11-19(17(13-15)21(3,4)5)24-27(23,26-28)25-20-12-10-16(2)14-18(20)22(6,7)8/h9-14H,1-8H3. The van der Waals surface area contributed by atoms with Crippen molar-refractivity contribution < 1.29 is 17.6 Å². The van der Waals surface area contributed by atoms with Crippen molar-refractivity contribution in [3.05, 3.63) is 58.7 Å². The Morgan fingerprint density at radius 1 is 0.750 bits per heavy atom. The predicted octanol–water partition coefficient (Wildman–Crippen LogP) is 7.59. The third-order valence-electron chi connectivity index (χ3n) is 4.40. The fourth-order valence-electron chi connectivity index (χ4n) is 2.91. The van der Waals surface area contributed by atoms with Gasteiger partial charge in [-0.3, -0.25) is 0 Å². The molecule has 2 aromatic rings. The van der Waals surface area contributed by atoms with E-state index < -0.39 is 7.82 Å². The van der Waals surface area contributed by atoms with Gasteiger partial charge in [-0.25, -0.2) is 4.57 Å². The molecule has 0 heterocycles. The summed E-state index contributed by atoms with van der Waals surface area (Å²) < 4.78 is 29.7. The van der Waals surface area contributed by atoms with Crippen LogP contribution in [0.1, 0.15) is 63.8 Å². The van der Waals surface area contributed by atoms with E-state index in [1.807, 2.05) is 38.1 Å². The number of rotatable bonds is 5. The highest BCUT2D eigenvalue weighted by Crippen LogP contribution is 2.53. The Balaban J connectivity index is 2.46. The van der Waals surface area contributed by atoms with Crippen molar-refractivity contribution >= 4 is 20.7 Å². The summed E-state index contributed by atoms with van der Waals surface area (Å²) in [5.74, 6) is 0.881. The molecule has 153 valence electrons. The lowest BCUT2D eigenvalue weighted by atomic mass is 9.85. The molecule has 2 aromatic carbocycles. The summed E-state index contributed by atoms with van der Waals surface area (Å²) in [5, 5.41) is 0. The minimum absolute atomic E-state index is 0.214. The van der Waals surface area contributed by atoms with Gasteiger partial charge in [0.25, 0.3) is 0 Å². The van der Waals surface area contributed by atoms with Crippen molar-refractivity contribution in [2.75, 3.05) is 0 Å². The molecule has 0 amide bonds. The van der Waals surface area contributed by atoms with Gasteiger partial charge in [0.15, 0.2) is 0 Å². The Morgan fingerprint density at radius 3 is 1.39 bits per heavy atom. The molecule has 0 aliphatic heterocycles. The van der Waals surface area contributed by atoms with Crippen LogP contribution in [0.4, 0.5) is 0 Å². The normalized spacial score (nSPS) is 12.8. The lowest BCUT2D eigenvalue weighted by molar-refractivity contribution is 0.309. The van der Waals surface area contributed by atoms with E-state index in [-0.39, 0.29) is 10.8 Å². The molecule has 0 fully saturated rings. The topological polar surface area (TPSA) is 44.8 Å². The first-order valence-corrected chi connectivity index (χ1v) is 11.1. The maximum absolute atomic E-state index is 13.3. The van der Waals surface area contributed by atoms with E-state index in [0.29, 0.717) is 11.5 Å². The Labute approximate surface area is 174 Å². The molecule has 28 heavy (non-hydrogen) atoms. The molecular weight excluding hydrogens is 391 g/mol. The third-order valence-corrected chi connectivity index (χ3v) is 5.97. The molecule has 0 spiro atoms. The Morgan fingerprint density at radius 2 is 1.11 bits per heavy atom. The molecule has 0 N–H and O–H groups in total. The average molecular weight is 422 g/mol. The molecule has 4 nitrogen and oxygen atoms in total. The molecule has 0 aromatic heterocycles. The first kappa shape index (κ1) is 22.9. The maximum atomic E-state index is 13.3. The molecule has 0 saturated carbocycles. The molecule has 6 heteroatoms. The fraction of sp³-hybridized carbons (Fsp3) is 0.455. The molecule has 0 saturated heterocycles. The highest BCUT2D eigenvalue weighted by atomic mass is 32.1. The number of phosphoric acid groups is 1. The first-order valence-electron chi connectivity index (χ1n) is 9.28. The van der Waals surface area contributed by atoms with Crippen molar-refractivity contribution in [3.8, 4) is 11.5 Å². The van der Waals surface area contributed by atoms with E-state index in [0.717, 1.165) is 22.3 Å². The van der Waals surface area contributed by atoms with Gasteiger partial charge in [-0.15, -0.1) is 0 Å². The van der Waals surface area contributed by atoms with Crippen LogP contribution in [-0.2, 0) is 19.4 Å². The molecule has 0 aliphatic carbocycles. The molecule has 0 unspecified atom stereocenters. The lowest BCUT2D eigenvalue weighted by Gasteiger charge is -2.27.